The van der Waals surface area contributed by atoms with E-state index in [0.29, 0.717) is 0 Å². The zero-order valence-corrected chi connectivity index (χ0v) is 11.7. The normalized spacial score (nSPS) is 22.9. The molecule has 0 N–H and O–H groups in total. The fourth-order valence-electron chi connectivity index (χ4n) is 2.91. The van der Waals surface area contributed by atoms with Gasteiger partial charge in [-0.15, -0.1) is 0 Å². The lowest BCUT2D eigenvalue weighted by atomic mass is 9.94. The molecule has 0 amide bonds. The van der Waals surface area contributed by atoms with Gasteiger partial charge in [0.2, 0.25) is 0 Å². The van der Waals surface area contributed by atoms with E-state index in [1.807, 2.05) is 0 Å². The lowest BCUT2D eigenvalue weighted by Crippen LogP contribution is -2.40. The lowest BCUT2D eigenvalue weighted by molar-refractivity contribution is 0.127. The quantitative estimate of drug-likeness (QED) is 0.578. The van der Waals surface area contributed by atoms with Crippen molar-refractivity contribution in [3.63, 3.8) is 0 Å². The Bertz CT molecular complexity index is 165. The van der Waals surface area contributed by atoms with Gasteiger partial charge in [-0.05, 0) is 44.7 Å². The molecule has 0 aromatic rings. The topological polar surface area (TPSA) is 3.24 Å². The maximum atomic E-state index is 2.78. The third kappa shape index (κ3) is 5.34. The van der Waals surface area contributed by atoms with Gasteiger partial charge in [-0.1, -0.05) is 46.5 Å². The maximum absolute atomic E-state index is 2.78. The van der Waals surface area contributed by atoms with E-state index in [1.54, 1.807) is 0 Å². The van der Waals surface area contributed by atoms with Crippen molar-refractivity contribution in [1.82, 2.24) is 4.90 Å². The molecule has 1 fully saturated rings. The van der Waals surface area contributed by atoms with Gasteiger partial charge in [-0.25, -0.2) is 0 Å². The van der Waals surface area contributed by atoms with Crippen LogP contribution in [0, 0.1) is 5.92 Å². The van der Waals surface area contributed by atoms with E-state index in [1.165, 1.54) is 64.5 Å². The molecule has 0 aromatic heterocycles. The van der Waals surface area contributed by atoms with E-state index in [2.05, 4.69) is 25.7 Å². The maximum Gasteiger partial charge on any atom is 0.00976 e. The Balaban J connectivity index is 2.23. The minimum atomic E-state index is 0.862. The third-order valence-electron chi connectivity index (χ3n) is 3.79. The van der Waals surface area contributed by atoms with Crippen LogP contribution >= 0.6 is 0 Å². The Labute approximate surface area is 103 Å². The molecular weight excluding hydrogens is 194 g/mol. The van der Waals surface area contributed by atoms with Crippen molar-refractivity contribution >= 4 is 0 Å². The van der Waals surface area contributed by atoms with Crippen LogP contribution in [-0.2, 0) is 0 Å². The van der Waals surface area contributed by atoms with Gasteiger partial charge in [-0.3, -0.25) is 0 Å². The molecule has 0 aliphatic carbocycles. The molecule has 96 valence electrons. The summed E-state index contributed by atoms with van der Waals surface area (Å²) in [5.41, 5.74) is 0. The number of nitrogens with zero attached hydrogens (tertiary/aromatic N) is 1. The van der Waals surface area contributed by atoms with Gasteiger partial charge in [0.05, 0.1) is 0 Å². The van der Waals surface area contributed by atoms with Crippen LogP contribution in [0.2, 0.25) is 0 Å². The molecule has 0 aromatic carbocycles. The van der Waals surface area contributed by atoms with Crippen LogP contribution in [0.3, 0.4) is 0 Å². The van der Waals surface area contributed by atoms with E-state index in [-0.39, 0.29) is 0 Å². The number of rotatable bonds is 7. The molecule has 1 unspecified atom stereocenters. The summed E-state index contributed by atoms with van der Waals surface area (Å²) in [7, 11) is 0. The highest BCUT2D eigenvalue weighted by molar-refractivity contribution is 4.77. The minimum Gasteiger partial charge on any atom is -0.300 e. The first-order chi connectivity index (χ1) is 7.74. The monoisotopic (exact) mass is 225 g/mol. The molecular formula is C15H31N. The van der Waals surface area contributed by atoms with Gasteiger partial charge in [0.1, 0.15) is 0 Å². The van der Waals surface area contributed by atoms with Gasteiger partial charge in [-0.2, -0.15) is 0 Å². The van der Waals surface area contributed by atoms with Gasteiger partial charge in [0, 0.05) is 6.04 Å². The van der Waals surface area contributed by atoms with Crippen LogP contribution in [0.15, 0.2) is 0 Å². The van der Waals surface area contributed by atoms with E-state index in [9.17, 15) is 0 Å². The molecule has 16 heavy (non-hydrogen) atoms. The summed E-state index contributed by atoms with van der Waals surface area (Å²) in [6.07, 6.45) is 11.4. The zero-order valence-electron chi connectivity index (χ0n) is 11.7. The van der Waals surface area contributed by atoms with Gasteiger partial charge >= 0.3 is 0 Å². The number of hydrogen-bond acceptors (Lipinski definition) is 1. The molecule has 1 atom stereocenters. The predicted molar refractivity (Wildman–Crippen MR) is 72.8 cm³/mol. The Hall–Kier alpha value is -0.0400. The Morgan fingerprint density at radius 2 is 1.94 bits per heavy atom. The SMILES string of the molecule is CCCCCCN1CCCCC1CC(C)C. The molecule has 1 heteroatoms. The first-order valence-corrected chi connectivity index (χ1v) is 7.48. The minimum absolute atomic E-state index is 0.862. The highest BCUT2D eigenvalue weighted by Crippen LogP contribution is 2.23. The third-order valence-corrected chi connectivity index (χ3v) is 3.79. The summed E-state index contributed by atoms with van der Waals surface area (Å²) in [5, 5.41) is 0. The van der Waals surface area contributed by atoms with Gasteiger partial charge in [0.15, 0.2) is 0 Å². The van der Waals surface area contributed by atoms with Gasteiger partial charge in [0.25, 0.3) is 0 Å². The fraction of sp³-hybridized carbons (Fsp3) is 1.00. The highest BCUT2D eigenvalue weighted by Gasteiger charge is 2.22. The standard InChI is InChI=1S/C15H31N/c1-4-5-6-8-11-16-12-9-7-10-15(16)13-14(2)3/h14-15H,4-13H2,1-3H3. The zero-order chi connectivity index (χ0) is 11.8. The summed E-state index contributed by atoms with van der Waals surface area (Å²) < 4.78 is 0. The molecule has 1 saturated heterocycles. The van der Waals surface area contributed by atoms with Crippen molar-refractivity contribution in [2.24, 2.45) is 5.92 Å². The molecule has 0 saturated carbocycles. The van der Waals surface area contributed by atoms with E-state index in [0.717, 1.165) is 12.0 Å². The number of unbranched alkanes of at least 4 members (excludes halogenated alkanes) is 3. The van der Waals surface area contributed by atoms with Crippen molar-refractivity contribution in [2.75, 3.05) is 13.1 Å². The lowest BCUT2D eigenvalue weighted by Gasteiger charge is -2.36. The molecule has 0 bridgehead atoms. The van der Waals surface area contributed by atoms with Crippen molar-refractivity contribution in [1.29, 1.82) is 0 Å². The molecule has 0 radical (unpaired) electrons. The van der Waals surface area contributed by atoms with E-state index < -0.39 is 0 Å². The smallest absolute Gasteiger partial charge is 0.00976 e. The van der Waals surface area contributed by atoms with Crippen LogP contribution in [0.1, 0.15) is 72.1 Å². The van der Waals surface area contributed by atoms with Crippen molar-refractivity contribution in [3.8, 4) is 0 Å². The fourth-order valence-corrected chi connectivity index (χ4v) is 2.91. The summed E-state index contributed by atoms with van der Waals surface area (Å²) in [6.45, 7) is 9.75. The first-order valence-electron chi connectivity index (χ1n) is 7.48. The number of piperidine rings is 1. The average Bonchev–Trinajstić information content (AvgIpc) is 2.26. The molecule has 1 aliphatic heterocycles. The molecule has 1 nitrogen and oxygen atoms in total. The van der Waals surface area contributed by atoms with Gasteiger partial charge < -0.3 is 4.90 Å². The Kier molecular flexibility index (Phi) is 7.11. The summed E-state index contributed by atoms with van der Waals surface area (Å²) in [6, 6.07) is 0.898. The van der Waals surface area contributed by atoms with Crippen LogP contribution < -0.4 is 0 Å². The van der Waals surface area contributed by atoms with Crippen LogP contribution in [0.5, 0.6) is 0 Å². The van der Waals surface area contributed by atoms with Crippen molar-refractivity contribution in [3.05, 3.63) is 0 Å². The molecule has 1 heterocycles. The summed E-state index contributed by atoms with van der Waals surface area (Å²) >= 11 is 0. The number of hydrogen-bond donors (Lipinski definition) is 0. The largest absolute Gasteiger partial charge is 0.300 e. The average molecular weight is 225 g/mol. The first kappa shape index (κ1) is 14.0. The predicted octanol–water partition coefficient (Wildman–Crippen LogP) is 4.47. The Morgan fingerprint density at radius 1 is 1.12 bits per heavy atom. The van der Waals surface area contributed by atoms with E-state index in [4.69, 9.17) is 0 Å². The van der Waals surface area contributed by atoms with Crippen LogP contribution in [0.25, 0.3) is 0 Å². The Morgan fingerprint density at radius 3 is 2.62 bits per heavy atom. The van der Waals surface area contributed by atoms with E-state index >= 15 is 0 Å². The number of likely N-dealkylation sites (tertiary alicyclic amines) is 1. The second-order valence-corrected chi connectivity index (χ2v) is 5.88. The summed E-state index contributed by atoms with van der Waals surface area (Å²) in [5.74, 6) is 0.862. The summed E-state index contributed by atoms with van der Waals surface area (Å²) in [4.78, 5) is 2.78. The second kappa shape index (κ2) is 8.11. The molecule has 1 aliphatic rings. The highest BCUT2D eigenvalue weighted by atomic mass is 15.2. The molecule has 1 rings (SSSR count). The van der Waals surface area contributed by atoms with Crippen LogP contribution in [-0.4, -0.2) is 24.0 Å². The van der Waals surface area contributed by atoms with Crippen molar-refractivity contribution < 1.29 is 0 Å². The van der Waals surface area contributed by atoms with Crippen LogP contribution in [0.4, 0.5) is 0 Å². The molecule has 0 spiro atoms. The van der Waals surface area contributed by atoms with Crippen molar-refractivity contribution in [2.45, 2.75) is 78.2 Å². The second-order valence-electron chi connectivity index (χ2n) is 5.88.